The lowest BCUT2D eigenvalue weighted by atomic mass is 10.3. The Kier molecular flexibility index (Phi) is 2.35. The second kappa shape index (κ2) is 3.87. The Labute approximate surface area is 99.7 Å². The van der Waals surface area contributed by atoms with Gasteiger partial charge in [0.15, 0.2) is 0 Å². The van der Waals surface area contributed by atoms with Crippen molar-refractivity contribution in [3.8, 4) is 0 Å². The lowest BCUT2D eigenvalue weighted by molar-refractivity contribution is -0.122. The van der Waals surface area contributed by atoms with E-state index in [9.17, 15) is 4.79 Å². The number of imidazole rings is 1. The highest BCUT2D eigenvalue weighted by atomic mass is 16.2. The molecule has 88 valence electrons. The minimum absolute atomic E-state index is 0.162. The molecule has 1 N–H and O–H groups in total. The lowest BCUT2D eigenvalue weighted by Gasteiger charge is -2.00. The van der Waals surface area contributed by atoms with E-state index in [2.05, 4.69) is 17.2 Å². The molecule has 1 aliphatic carbocycles. The van der Waals surface area contributed by atoms with E-state index in [1.54, 1.807) is 0 Å². The second-order valence-electron chi connectivity index (χ2n) is 4.74. The van der Waals surface area contributed by atoms with E-state index >= 15 is 0 Å². The van der Waals surface area contributed by atoms with Crippen LogP contribution in [0.25, 0.3) is 5.65 Å². The molecule has 0 spiro atoms. The van der Waals surface area contributed by atoms with Crippen molar-refractivity contribution in [1.29, 1.82) is 0 Å². The van der Waals surface area contributed by atoms with E-state index in [1.165, 1.54) is 0 Å². The van der Waals surface area contributed by atoms with Crippen LogP contribution >= 0.6 is 0 Å². The molecule has 1 amide bonds. The third kappa shape index (κ3) is 2.02. The van der Waals surface area contributed by atoms with Gasteiger partial charge in [-0.2, -0.15) is 0 Å². The Bertz CT molecular complexity index is 528. The average molecular weight is 229 g/mol. The van der Waals surface area contributed by atoms with Crippen LogP contribution in [0.3, 0.4) is 0 Å². The minimum Gasteiger partial charge on any atom is -0.350 e. The van der Waals surface area contributed by atoms with Crippen LogP contribution in [0.5, 0.6) is 0 Å². The molecule has 1 fully saturated rings. The van der Waals surface area contributed by atoms with Crippen molar-refractivity contribution in [1.82, 2.24) is 14.7 Å². The van der Waals surface area contributed by atoms with E-state index in [1.807, 2.05) is 35.0 Å². The number of carbonyl (C=O) groups excluding carboxylic acids is 1. The third-order valence-corrected chi connectivity index (χ3v) is 3.30. The predicted molar refractivity (Wildman–Crippen MR) is 64.3 cm³/mol. The van der Waals surface area contributed by atoms with Crippen LogP contribution in [-0.4, -0.2) is 15.3 Å². The molecule has 2 aromatic heterocycles. The molecule has 2 aromatic rings. The maximum absolute atomic E-state index is 11.7. The van der Waals surface area contributed by atoms with Gasteiger partial charge in [-0.1, -0.05) is 13.0 Å². The van der Waals surface area contributed by atoms with Gasteiger partial charge < -0.3 is 9.72 Å². The van der Waals surface area contributed by atoms with Gasteiger partial charge in [0.25, 0.3) is 0 Å². The Morgan fingerprint density at radius 3 is 3.12 bits per heavy atom. The number of hydrogen-bond acceptors (Lipinski definition) is 2. The second-order valence-corrected chi connectivity index (χ2v) is 4.74. The number of pyridine rings is 1. The summed E-state index contributed by atoms with van der Waals surface area (Å²) in [6.07, 6.45) is 4.93. The van der Waals surface area contributed by atoms with Crippen LogP contribution in [0.2, 0.25) is 0 Å². The molecule has 2 unspecified atom stereocenters. The fraction of sp³-hybridized carbons (Fsp3) is 0.385. The molecule has 1 saturated carbocycles. The summed E-state index contributed by atoms with van der Waals surface area (Å²) in [5.74, 6) is 0.942. The summed E-state index contributed by atoms with van der Waals surface area (Å²) >= 11 is 0. The smallest absolute Gasteiger partial charge is 0.223 e. The Hall–Kier alpha value is -1.84. The number of nitrogens with one attached hydrogen (secondary N) is 1. The highest BCUT2D eigenvalue weighted by molar-refractivity contribution is 5.81. The van der Waals surface area contributed by atoms with Gasteiger partial charge in [0, 0.05) is 18.3 Å². The molecule has 0 aliphatic heterocycles. The summed E-state index contributed by atoms with van der Waals surface area (Å²) < 4.78 is 1.96. The van der Waals surface area contributed by atoms with E-state index in [4.69, 9.17) is 0 Å². The first-order valence-electron chi connectivity index (χ1n) is 5.94. The van der Waals surface area contributed by atoms with Crippen molar-refractivity contribution in [2.24, 2.45) is 11.8 Å². The van der Waals surface area contributed by atoms with E-state index in [0.29, 0.717) is 12.5 Å². The highest BCUT2D eigenvalue weighted by Gasteiger charge is 2.38. The van der Waals surface area contributed by atoms with Crippen LogP contribution in [-0.2, 0) is 11.3 Å². The van der Waals surface area contributed by atoms with E-state index < -0.39 is 0 Å². The first kappa shape index (κ1) is 10.3. The third-order valence-electron chi connectivity index (χ3n) is 3.30. The molecular weight excluding hydrogens is 214 g/mol. The fourth-order valence-electron chi connectivity index (χ4n) is 2.07. The van der Waals surface area contributed by atoms with Gasteiger partial charge in [-0.25, -0.2) is 4.98 Å². The zero-order chi connectivity index (χ0) is 11.8. The lowest BCUT2D eigenvalue weighted by Crippen LogP contribution is -2.24. The maximum atomic E-state index is 11.7. The van der Waals surface area contributed by atoms with Crippen molar-refractivity contribution < 1.29 is 4.79 Å². The molecule has 1 aliphatic rings. The number of amides is 1. The number of fused-ring (bicyclic) bond motifs is 1. The van der Waals surface area contributed by atoms with Crippen LogP contribution in [0.15, 0.2) is 30.6 Å². The van der Waals surface area contributed by atoms with Crippen molar-refractivity contribution in [2.45, 2.75) is 19.9 Å². The van der Waals surface area contributed by atoms with Crippen LogP contribution in [0.1, 0.15) is 19.0 Å². The van der Waals surface area contributed by atoms with Gasteiger partial charge in [-0.05, 0) is 24.5 Å². The monoisotopic (exact) mass is 229 g/mol. The summed E-state index contributed by atoms with van der Waals surface area (Å²) in [5, 5.41) is 2.94. The summed E-state index contributed by atoms with van der Waals surface area (Å²) in [7, 11) is 0. The van der Waals surface area contributed by atoms with E-state index in [-0.39, 0.29) is 11.8 Å². The molecular formula is C13H15N3O. The zero-order valence-electron chi connectivity index (χ0n) is 9.76. The van der Waals surface area contributed by atoms with Gasteiger partial charge in [0.1, 0.15) is 5.65 Å². The van der Waals surface area contributed by atoms with Gasteiger partial charge in [0.2, 0.25) is 5.91 Å². The van der Waals surface area contributed by atoms with Gasteiger partial charge in [0.05, 0.1) is 12.2 Å². The standard InChI is InChI=1S/C13H15N3O/c1-9-6-11(9)13(17)14-7-10-8-16-5-3-2-4-12(16)15-10/h2-5,8-9,11H,6-7H2,1H3,(H,14,17). The van der Waals surface area contributed by atoms with Crippen molar-refractivity contribution in [2.75, 3.05) is 0 Å². The normalized spacial score (nSPS) is 22.6. The molecule has 17 heavy (non-hydrogen) atoms. The van der Waals surface area contributed by atoms with Gasteiger partial charge in [-0.3, -0.25) is 4.79 Å². The summed E-state index contributed by atoms with van der Waals surface area (Å²) in [4.78, 5) is 16.1. The summed E-state index contributed by atoms with van der Waals surface area (Å²) in [5.41, 5.74) is 1.81. The zero-order valence-corrected chi connectivity index (χ0v) is 9.76. The van der Waals surface area contributed by atoms with Gasteiger partial charge >= 0.3 is 0 Å². The van der Waals surface area contributed by atoms with Crippen LogP contribution < -0.4 is 5.32 Å². The first-order valence-corrected chi connectivity index (χ1v) is 5.94. The summed E-state index contributed by atoms with van der Waals surface area (Å²) in [6.45, 7) is 2.62. The Morgan fingerprint density at radius 2 is 2.41 bits per heavy atom. The molecule has 2 heterocycles. The maximum Gasteiger partial charge on any atom is 0.223 e. The number of rotatable bonds is 3. The van der Waals surface area contributed by atoms with Crippen LogP contribution in [0, 0.1) is 11.8 Å². The number of nitrogens with zero attached hydrogens (tertiary/aromatic N) is 2. The molecule has 2 atom stereocenters. The summed E-state index contributed by atoms with van der Waals surface area (Å²) in [6, 6.07) is 5.87. The largest absolute Gasteiger partial charge is 0.350 e. The molecule has 0 saturated heterocycles. The SMILES string of the molecule is CC1CC1C(=O)NCc1cn2ccccc2n1. The molecule has 0 aromatic carbocycles. The fourth-order valence-corrected chi connectivity index (χ4v) is 2.07. The Balaban J connectivity index is 1.66. The highest BCUT2D eigenvalue weighted by Crippen LogP contribution is 2.37. The van der Waals surface area contributed by atoms with Gasteiger partial charge in [-0.15, -0.1) is 0 Å². The number of hydrogen-bond donors (Lipinski definition) is 1. The van der Waals surface area contributed by atoms with Crippen molar-refractivity contribution >= 4 is 11.6 Å². The minimum atomic E-state index is 0.162. The predicted octanol–water partition coefficient (Wildman–Crippen LogP) is 1.61. The molecule has 4 nitrogen and oxygen atoms in total. The quantitative estimate of drug-likeness (QED) is 0.869. The molecule has 3 rings (SSSR count). The van der Waals surface area contributed by atoms with Crippen molar-refractivity contribution in [3.05, 3.63) is 36.3 Å². The molecule has 0 radical (unpaired) electrons. The Morgan fingerprint density at radius 1 is 1.59 bits per heavy atom. The molecule has 4 heteroatoms. The molecule has 0 bridgehead atoms. The first-order chi connectivity index (χ1) is 8.24. The van der Waals surface area contributed by atoms with Crippen molar-refractivity contribution in [3.63, 3.8) is 0 Å². The topological polar surface area (TPSA) is 46.4 Å². The average Bonchev–Trinajstić information content (AvgIpc) is 2.92. The van der Waals surface area contributed by atoms with Crippen LogP contribution in [0.4, 0.5) is 0 Å². The number of aromatic nitrogens is 2. The van der Waals surface area contributed by atoms with E-state index in [0.717, 1.165) is 17.8 Å². The number of carbonyl (C=O) groups is 1.